The molecule has 2 rings (SSSR count). The number of aryl methyl sites for hydroxylation is 2. The summed E-state index contributed by atoms with van der Waals surface area (Å²) < 4.78 is 5.38. The summed E-state index contributed by atoms with van der Waals surface area (Å²) in [5.74, 6) is 0.348. The highest BCUT2D eigenvalue weighted by atomic mass is 32.2. The Balaban J connectivity index is 1.78. The zero-order valence-electron chi connectivity index (χ0n) is 14.4. The van der Waals surface area contributed by atoms with E-state index in [1.807, 2.05) is 19.9 Å². The first kappa shape index (κ1) is 18.2. The van der Waals surface area contributed by atoms with Gasteiger partial charge in [0, 0.05) is 36.6 Å². The molecule has 0 saturated carbocycles. The summed E-state index contributed by atoms with van der Waals surface area (Å²) in [4.78, 5) is 23.1. The molecule has 1 amide bonds. The van der Waals surface area contributed by atoms with E-state index in [1.165, 1.54) is 11.8 Å². The fraction of sp³-hybridized carbons (Fsp3) is 0.688. The fourth-order valence-corrected chi connectivity index (χ4v) is 3.31. The minimum atomic E-state index is -0.0689. The van der Waals surface area contributed by atoms with Crippen molar-refractivity contribution in [2.75, 3.05) is 38.6 Å². The molecule has 1 aromatic rings. The lowest BCUT2D eigenvalue weighted by atomic mass is 10.0. The first-order valence-electron chi connectivity index (χ1n) is 7.91. The normalized spacial score (nSPS) is 16.3. The highest BCUT2D eigenvalue weighted by molar-refractivity contribution is 7.99. The van der Waals surface area contributed by atoms with E-state index in [9.17, 15) is 4.79 Å². The molecule has 1 aliphatic rings. The molecule has 1 aliphatic heterocycles. The predicted octanol–water partition coefficient (Wildman–Crippen LogP) is 1.41. The second-order valence-electron chi connectivity index (χ2n) is 6.41. The van der Waals surface area contributed by atoms with Gasteiger partial charge in [-0.05, 0) is 33.8 Å². The molecule has 6 nitrogen and oxygen atoms in total. The van der Waals surface area contributed by atoms with E-state index in [1.54, 1.807) is 0 Å². The van der Waals surface area contributed by atoms with E-state index in [2.05, 4.69) is 34.0 Å². The van der Waals surface area contributed by atoms with Crippen molar-refractivity contribution in [2.45, 2.75) is 38.4 Å². The Morgan fingerprint density at radius 2 is 1.91 bits per heavy atom. The Kier molecular flexibility index (Phi) is 6.38. The molecule has 1 N–H and O–H groups in total. The first-order chi connectivity index (χ1) is 10.9. The van der Waals surface area contributed by atoms with Crippen LogP contribution in [0.25, 0.3) is 0 Å². The number of carbonyl (C=O) groups is 1. The van der Waals surface area contributed by atoms with Gasteiger partial charge >= 0.3 is 0 Å². The lowest BCUT2D eigenvalue weighted by Crippen LogP contribution is -2.55. The Bertz CT molecular complexity index is 525. The molecule has 0 unspecified atom stereocenters. The van der Waals surface area contributed by atoms with Crippen molar-refractivity contribution < 1.29 is 9.53 Å². The van der Waals surface area contributed by atoms with Gasteiger partial charge in [0.2, 0.25) is 5.91 Å². The van der Waals surface area contributed by atoms with Crippen molar-refractivity contribution >= 4 is 17.7 Å². The number of morpholine rings is 1. The number of ether oxygens (including phenoxy) is 1. The third kappa shape index (κ3) is 5.75. The van der Waals surface area contributed by atoms with E-state index in [0.717, 1.165) is 37.7 Å². The van der Waals surface area contributed by atoms with Crippen LogP contribution >= 0.6 is 11.8 Å². The van der Waals surface area contributed by atoms with E-state index < -0.39 is 0 Å². The first-order valence-corrected chi connectivity index (χ1v) is 8.90. The van der Waals surface area contributed by atoms with Crippen LogP contribution in [0.3, 0.4) is 0 Å². The van der Waals surface area contributed by atoms with Crippen LogP contribution in [0.2, 0.25) is 0 Å². The van der Waals surface area contributed by atoms with Crippen molar-refractivity contribution in [3.8, 4) is 0 Å². The largest absolute Gasteiger partial charge is 0.379 e. The molecule has 0 bridgehead atoms. The van der Waals surface area contributed by atoms with Crippen LogP contribution in [0.1, 0.15) is 25.2 Å². The number of amides is 1. The van der Waals surface area contributed by atoms with Gasteiger partial charge in [-0.25, -0.2) is 9.97 Å². The van der Waals surface area contributed by atoms with Gasteiger partial charge in [0.25, 0.3) is 0 Å². The monoisotopic (exact) mass is 338 g/mol. The quantitative estimate of drug-likeness (QED) is 0.625. The minimum absolute atomic E-state index is 0.0130. The SMILES string of the molecule is Cc1cc(C)nc(SCC(=O)NCC(C)(C)N2CCOCC2)n1. The lowest BCUT2D eigenvalue weighted by Gasteiger charge is -2.40. The molecular weight excluding hydrogens is 312 g/mol. The molecule has 1 fully saturated rings. The van der Waals surface area contributed by atoms with Gasteiger partial charge in [0.05, 0.1) is 19.0 Å². The number of thioether (sulfide) groups is 1. The molecule has 1 saturated heterocycles. The lowest BCUT2D eigenvalue weighted by molar-refractivity contribution is -0.119. The maximum atomic E-state index is 12.1. The van der Waals surface area contributed by atoms with Crippen LogP contribution in [0.5, 0.6) is 0 Å². The molecule has 128 valence electrons. The summed E-state index contributed by atoms with van der Waals surface area (Å²) >= 11 is 1.38. The second-order valence-corrected chi connectivity index (χ2v) is 7.35. The molecule has 0 aliphatic carbocycles. The maximum Gasteiger partial charge on any atom is 0.230 e. The van der Waals surface area contributed by atoms with Gasteiger partial charge in [0.15, 0.2) is 5.16 Å². The maximum absolute atomic E-state index is 12.1. The Morgan fingerprint density at radius 1 is 1.30 bits per heavy atom. The van der Waals surface area contributed by atoms with Crippen LogP contribution < -0.4 is 5.32 Å². The zero-order chi connectivity index (χ0) is 16.9. The van der Waals surface area contributed by atoms with Gasteiger partial charge in [-0.15, -0.1) is 0 Å². The fourth-order valence-electron chi connectivity index (χ4n) is 2.53. The van der Waals surface area contributed by atoms with Gasteiger partial charge in [-0.3, -0.25) is 9.69 Å². The molecule has 0 aromatic carbocycles. The molecule has 7 heteroatoms. The van der Waals surface area contributed by atoms with E-state index >= 15 is 0 Å². The molecule has 2 heterocycles. The summed E-state index contributed by atoms with van der Waals surface area (Å²) in [6, 6.07) is 1.93. The average molecular weight is 338 g/mol. The van der Waals surface area contributed by atoms with Gasteiger partial charge in [0.1, 0.15) is 0 Å². The number of nitrogens with one attached hydrogen (secondary N) is 1. The number of nitrogens with zero attached hydrogens (tertiary/aromatic N) is 3. The number of carbonyl (C=O) groups excluding carboxylic acids is 1. The smallest absolute Gasteiger partial charge is 0.230 e. The molecule has 23 heavy (non-hydrogen) atoms. The zero-order valence-corrected chi connectivity index (χ0v) is 15.2. The van der Waals surface area contributed by atoms with Crippen molar-refractivity contribution in [1.82, 2.24) is 20.2 Å². The van der Waals surface area contributed by atoms with Crippen molar-refractivity contribution in [3.05, 3.63) is 17.5 Å². The number of rotatable bonds is 6. The molecule has 0 atom stereocenters. The van der Waals surface area contributed by atoms with Gasteiger partial charge in [-0.2, -0.15) is 0 Å². The molecule has 0 spiro atoms. The molecular formula is C16H26N4O2S. The van der Waals surface area contributed by atoms with Crippen LogP contribution in [0, 0.1) is 13.8 Å². The Morgan fingerprint density at radius 3 is 2.52 bits per heavy atom. The third-order valence-electron chi connectivity index (χ3n) is 3.88. The number of aromatic nitrogens is 2. The Hall–Kier alpha value is -1.18. The second kappa shape index (κ2) is 8.08. The van der Waals surface area contributed by atoms with Crippen LogP contribution in [0.15, 0.2) is 11.2 Å². The Labute approximate surface area is 142 Å². The van der Waals surface area contributed by atoms with Crippen molar-refractivity contribution in [3.63, 3.8) is 0 Å². The van der Waals surface area contributed by atoms with E-state index in [-0.39, 0.29) is 11.4 Å². The predicted molar refractivity (Wildman–Crippen MR) is 91.7 cm³/mol. The average Bonchev–Trinajstić information content (AvgIpc) is 2.51. The minimum Gasteiger partial charge on any atom is -0.379 e. The van der Waals surface area contributed by atoms with Crippen LogP contribution in [0.4, 0.5) is 0 Å². The van der Waals surface area contributed by atoms with Crippen molar-refractivity contribution in [2.24, 2.45) is 0 Å². The third-order valence-corrected chi connectivity index (χ3v) is 4.73. The summed E-state index contributed by atoms with van der Waals surface area (Å²) in [6.45, 7) is 12.1. The highest BCUT2D eigenvalue weighted by Crippen LogP contribution is 2.16. The summed E-state index contributed by atoms with van der Waals surface area (Å²) in [5, 5.41) is 3.68. The number of hydrogen-bond acceptors (Lipinski definition) is 6. The molecule has 1 aromatic heterocycles. The van der Waals surface area contributed by atoms with Crippen molar-refractivity contribution in [1.29, 1.82) is 0 Å². The molecule has 0 radical (unpaired) electrons. The van der Waals surface area contributed by atoms with Crippen LogP contribution in [-0.2, 0) is 9.53 Å². The number of hydrogen-bond donors (Lipinski definition) is 1. The topological polar surface area (TPSA) is 67.4 Å². The van der Waals surface area contributed by atoms with Gasteiger partial charge in [-0.1, -0.05) is 11.8 Å². The standard InChI is InChI=1S/C16H26N4O2S/c1-12-9-13(2)19-15(18-12)23-10-14(21)17-11-16(3,4)20-5-7-22-8-6-20/h9H,5-8,10-11H2,1-4H3,(H,17,21). The summed E-state index contributed by atoms with van der Waals surface area (Å²) in [7, 11) is 0. The van der Waals surface area contributed by atoms with Gasteiger partial charge < -0.3 is 10.1 Å². The summed E-state index contributed by atoms with van der Waals surface area (Å²) in [6.07, 6.45) is 0. The van der Waals surface area contributed by atoms with E-state index in [0.29, 0.717) is 17.5 Å². The van der Waals surface area contributed by atoms with Crippen LogP contribution in [-0.4, -0.2) is 64.9 Å². The van der Waals surface area contributed by atoms with E-state index in [4.69, 9.17) is 4.74 Å². The summed E-state index contributed by atoms with van der Waals surface area (Å²) in [5.41, 5.74) is 1.78. The highest BCUT2D eigenvalue weighted by Gasteiger charge is 2.28.